The summed E-state index contributed by atoms with van der Waals surface area (Å²) in [7, 11) is 1.70. The van der Waals surface area contributed by atoms with Gasteiger partial charge in [0, 0.05) is 17.8 Å². The second-order valence-corrected chi connectivity index (χ2v) is 7.20. The van der Waals surface area contributed by atoms with Gasteiger partial charge in [0.2, 0.25) is 0 Å². The van der Waals surface area contributed by atoms with Gasteiger partial charge in [-0.1, -0.05) is 6.07 Å². The van der Waals surface area contributed by atoms with E-state index in [0.717, 1.165) is 23.5 Å². The number of rotatable bonds is 6. The van der Waals surface area contributed by atoms with Gasteiger partial charge in [0.25, 0.3) is 0 Å². The minimum absolute atomic E-state index is 0.539. The third-order valence-electron chi connectivity index (χ3n) is 4.17. The van der Waals surface area contributed by atoms with E-state index in [1.54, 1.807) is 7.11 Å². The maximum atomic E-state index is 5.34. The fourth-order valence-corrected chi connectivity index (χ4v) is 3.80. The minimum Gasteiger partial charge on any atom is -0.497 e. The highest BCUT2D eigenvalue weighted by molar-refractivity contribution is 7.99. The number of aliphatic imine (C=N–C) groups is 1. The van der Waals surface area contributed by atoms with E-state index in [-0.39, 0.29) is 0 Å². The first-order chi connectivity index (χ1) is 11.1. The van der Waals surface area contributed by atoms with Gasteiger partial charge in [0.05, 0.1) is 13.7 Å². The predicted molar refractivity (Wildman–Crippen MR) is 101 cm³/mol. The summed E-state index contributed by atoms with van der Waals surface area (Å²) in [4.78, 5) is 4.75. The van der Waals surface area contributed by atoms with Gasteiger partial charge in [-0.05, 0) is 62.6 Å². The zero-order valence-corrected chi connectivity index (χ0v) is 15.5. The van der Waals surface area contributed by atoms with Crippen molar-refractivity contribution in [3.05, 3.63) is 29.3 Å². The van der Waals surface area contributed by atoms with Crippen LogP contribution in [0.4, 0.5) is 0 Å². The van der Waals surface area contributed by atoms with Crippen molar-refractivity contribution in [1.29, 1.82) is 0 Å². The number of thioether (sulfide) groups is 1. The molecule has 0 aliphatic heterocycles. The molecule has 128 valence electrons. The zero-order chi connectivity index (χ0) is 16.7. The molecule has 0 aromatic heterocycles. The van der Waals surface area contributed by atoms with E-state index < -0.39 is 0 Å². The van der Waals surface area contributed by atoms with Gasteiger partial charge in [-0.2, -0.15) is 11.8 Å². The van der Waals surface area contributed by atoms with Crippen molar-refractivity contribution >= 4 is 17.7 Å². The molecule has 1 aromatic rings. The lowest BCUT2D eigenvalue weighted by molar-refractivity contribution is 0.414. The van der Waals surface area contributed by atoms with Crippen molar-refractivity contribution < 1.29 is 4.74 Å². The van der Waals surface area contributed by atoms with Crippen molar-refractivity contribution in [2.24, 2.45) is 4.99 Å². The van der Waals surface area contributed by atoms with E-state index >= 15 is 0 Å². The molecule has 1 aliphatic rings. The van der Waals surface area contributed by atoms with Crippen molar-refractivity contribution in [3.63, 3.8) is 0 Å². The molecule has 1 fully saturated rings. The molecule has 0 bridgehead atoms. The van der Waals surface area contributed by atoms with Crippen molar-refractivity contribution in [1.82, 2.24) is 10.6 Å². The van der Waals surface area contributed by atoms with Gasteiger partial charge in [-0.3, -0.25) is 0 Å². The van der Waals surface area contributed by atoms with E-state index in [1.807, 2.05) is 17.8 Å². The lowest BCUT2D eigenvalue weighted by Gasteiger charge is -2.17. The molecule has 0 radical (unpaired) electrons. The summed E-state index contributed by atoms with van der Waals surface area (Å²) < 4.78 is 5.34. The van der Waals surface area contributed by atoms with Gasteiger partial charge < -0.3 is 15.4 Å². The molecule has 0 amide bonds. The van der Waals surface area contributed by atoms with Crippen LogP contribution in [0.25, 0.3) is 0 Å². The smallest absolute Gasteiger partial charge is 0.191 e. The van der Waals surface area contributed by atoms with Crippen molar-refractivity contribution in [2.75, 3.05) is 19.9 Å². The van der Waals surface area contributed by atoms with Crippen LogP contribution in [0, 0.1) is 6.92 Å². The number of benzene rings is 1. The molecule has 2 atom stereocenters. The number of hydrogen-bond donors (Lipinski definition) is 2. The molecule has 4 nitrogen and oxygen atoms in total. The van der Waals surface area contributed by atoms with Crippen LogP contribution in [-0.4, -0.2) is 37.2 Å². The summed E-state index contributed by atoms with van der Waals surface area (Å²) in [5.74, 6) is 1.81. The molecule has 2 N–H and O–H groups in total. The fraction of sp³-hybridized carbons (Fsp3) is 0.611. The van der Waals surface area contributed by atoms with Gasteiger partial charge in [-0.25, -0.2) is 4.99 Å². The molecule has 0 heterocycles. The normalized spacial score (nSPS) is 21.3. The second-order valence-electron chi connectivity index (χ2n) is 6.07. The van der Waals surface area contributed by atoms with Crippen LogP contribution in [0.3, 0.4) is 0 Å². The fourth-order valence-electron chi connectivity index (χ4n) is 3.00. The average Bonchev–Trinajstić information content (AvgIpc) is 3.00. The van der Waals surface area contributed by atoms with E-state index in [9.17, 15) is 0 Å². The Morgan fingerprint density at radius 3 is 2.83 bits per heavy atom. The maximum Gasteiger partial charge on any atom is 0.191 e. The highest BCUT2D eigenvalue weighted by Crippen LogP contribution is 2.28. The summed E-state index contributed by atoms with van der Waals surface area (Å²) in [5, 5.41) is 7.73. The first-order valence-electron chi connectivity index (χ1n) is 8.36. The number of ether oxygens (including phenoxy) is 1. The number of methoxy groups -OCH3 is 1. The largest absolute Gasteiger partial charge is 0.497 e. The first-order valence-corrected chi connectivity index (χ1v) is 9.65. The number of hydrogen-bond acceptors (Lipinski definition) is 3. The Morgan fingerprint density at radius 1 is 1.35 bits per heavy atom. The van der Waals surface area contributed by atoms with Crippen LogP contribution in [0.2, 0.25) is 0 Å². The number of aryl methyl sites for hydroxylation is 1. The molecular weight excluding hydrogens is 306 g/mol. The molecule has 1 aromatic carbocycles. The van der Waals surface area contributed by atoms with Crippen LogP contribution in [0.5, 0.6) is 5.75 Å². The van der Waals surface area contributed by atoms with E-state index in [1.165, 1.54) is 30.4 Å². The monoisotopic (exact) mass is 335 g/mol. The van der Waals surface area contributed by atoms with Crippen LogP contribution < -0.4 is 15.4 Å². The second kappa shape index (κ2) is 9.06. The summed E-state index contributed by atoms with van der Waals surface area (Å²) in [6.07, 6.45) is 5.96. The molecule has 0 saturated heterocycles. The highest BCUT2D eigenvalue weighted by Gasteiger charge is 2.24. The van der Waals surface area contributed by atoms with Crippen molar-refractivity contribution in [3.8, 4) is 5.75 Å². The van der Waals surface area contributed by atoms with Crippen LogP contribution in [0.15, 0.2) is 23.2 Å². The first kappa shape index (κ1) is 18.0. The molecule has 23 heavy (non-hydrogen) atoms. The van der Waals surface area contributed by atoms with Crippen molar-refractivity contribution in [2.45, 2.75) is 50.9 Å². The Morgan fingerprint density at radius 2 is 2.17 bits per heavy atom. The van der Waals surface area contributed by atoms with Gasteiger partial charge in [0.1, 0.15) is 5.75 Å². The Kier molecular flexibility index (Phi) is 7.09. The van der Waals surface area contributed by atoms with Gasteiger partial charge in [-0.15, -0.1) is 0 Å². The highest BCUT2D eigenvalue weighted by atomic mass is 32.2. The SMILES string of the molecule is CCNC(=NCc1cc(C)cc(OC)c1)NC1CCC(SC)C1. The Balaban J connectivity index is 1.99. The zero-order valence-electron chi connectivity index (χ0n) is 14.7. The van der Waals surface area contributed by atoms with Crippen LogP contribution in [0.1, 0.15) is 37.3 Å². The summed E-state index contributed by atoms with van der Waals surface area (Å²) >= 11 is 1.98. The lowest BCUT2D eigenvalue weighted by Crippen LogP contribution is -2.42. The summed E-state index contributed by atoms with van der Waals surface area (Å²) in [6, 6.07) is 6.80. The van der Waals surface area contributed by atoms with E-state index in [2.05, 4.69) is 42.9 Å². The van der Waals surface area contributed by atoms with E-state index in [0.29, 0.717) is 12.6 Å². The predicted octanol–water partition coefficient (Wildman–Crippen LogP) is 3.34. The standard InChI is InChI=1S/C18H29N3OS/c1-5-19-18(21-15-6-7-17(11-15)23-4)20-12-14-8-13(2)9-16(10-14)22-3/h8-10,15,17H,5-7,11-12H2,1-4H3,(H2,19,20,21). The van der Waals surface area contributed by atoms with E-state index in [4.69, 9.17) is 9.73 Å². The summed E-state index contributed by atoms with van der Waals surface area (Å²) in [5.41, 5.74) is 2.37. The van der Waals surface area contributed by atoms with Crippen LogP contribution >= 0.6 is 11.8 Å². The Labute approximate surface area is 144 Å². The molecule has 5 heteroatoms. The Bertz CT molecular complexity index is 533. The number of guanidine groups is 1. The molecule has 0 spiro atoms. The third-order valence-corrected chi connectivity index (χ3v) is 5.26. The molecule has 1 saturated carbocycles. The molecule has 2 unspecified atom stereocenters. The quantitative estimate of drug-likeness (QED) is 0.618. The molecular formula is C18H29N3OS. The summed E-state index contributed by atoms with van der Waals surface area (Å²) in [6.45, 7) is 5.72. The van der Waals surface area contributed by atoms with Gasteiger partial charge in [0.15, 0.2) is 5.96 Å². The van der Waals surface area contributed by atoms with Crippen LogP contribution in [-0.2, 0) is 6.54 Å². The molecule has 2 rings (SSSR count). The Hall–Kier alpha value is -1.36. The number of nitrogens with one attached hydrogen (secondary N) is 2. The maximum absolute atomic E-state index is 5.34. The molecule has 1 aliphatic carbocycles. The topological polar surface area (TPSA) is 45.7 Å². The van der Waals surface area contributed by atoms with Gasteiger partial charge >= 0.3 is 0 Å². The number of nitrogens with zero attached hydrogens (tertiary/aromatic N) is 1. The average molecular weight is 336 g/mol. The third kappa shape index (κ3) is 5.65. The lowest BCUT2D eigenvalue weighted by atomic mass is 10.1. The minimum atomic E-state index is 0.539.